The lowest BCUT2D eigenvalue weighted by Gasteiger charge is -2.24. The second-order valence-electron chi connectivity index (χ2n) is 15.1. The number of carbonyl (C=O) groups excluding carboxylic acids is 2. The van der Waals surface area contributed by atoms with Crippen molar-refractivity contribution in [2.75, 3.05) is 38.7 Å². The monoisotopic (exact) mass is 873 g/mol. The first-order valence-corrected chi connectivity index (χ1v) is 22.3. The highest BCUT2D eigenvalue weighted by molar-refractivity contribution is 8.44. The lowest BCUT2D eigenvalue weighted by Crippen LogP contribution is -2.35. The number of anilines is 1. The fraction of sp³-hybridized carbons (Fsp3) is 0.606. The summed E-state index contributed by atoms with van der Waals surface area (Å²) < 4.78 is 76.3. The van der Waals surface area contributed by atoms with E-state index in [1.54, 1.807) is 32.4 Å². The van der Waals surface area contributed by atoms with Crippen LogP contribution < -0.4 is 10.9 Å². The van der Waals surface area contributed by atoms with Crippen molar-refractivity contribution in [3.8, 4) is 0 Å². The van der Waals surface area contributed by atoms with Gasteiger partial charge in [0.15, 0.2) is 28.4 Å². The fourth-order valence-corrected chi connectivity index (χ4v) is 7.95. The molecule has 4 aromatic rings. The number of imidazole rings is 1. The van der Waals surface area contributed by atoms with E-state index in [0.29, 0.717) is 30.6 Å². The molecule has 0 spiro atoms. The van der Waals surface area contributed by atoms with Gasteiger partial charge in [-0.15, -0.1) is 0 Å². The van der Waals surface area contributed by atoms with E-state index >= 15 is 0 Å². The van der Waals surface area contributed by atoms with Gasteiger partial charge in [-0.2, -0.15) is 0 Å². The van der Waals surface area contributed by atoms with E-state index in [-0.39, 0.29) is 61.3 Å². The van der Waals surface area contributed by atoms with Gasteiger partial charge >= 0.3 is 21.1 Å². The van der Waals surface area contributed by atoms with Gasteiger partial charge in [0.1, 0.15) is 29.8 Å². The van der Waals surface area contributed by atoms with Crippen LogP contribution in [0.3, 0.4) is 0 Å². The summed E-state index contributed by atoms with van der Waals surface area (Å²) in [5.74, 6) is -1.57. The van der Waals surface area contributed by atoms with Crippen LogP contribution in [0.4, 0.5) is 15.0 Å². The van der Waals surface area contributed by atoms with Gasteiger partial charge in [-0.1, -0.05) is 19.2 Å². The molecule has 3 unspecified atom stereocenters. The summed E-state index contributed by atoms with van der Waals surface area (Å²) in [5.41, 5.74) is -0.536. The number of thiol groups is 1. The van der Waals surface area contributed by atoms with Gasteiger partial charge in [0, 0.05) is 32.1 Å². The van der Waals surface area contributed by atoms with E-state index in [1.807, 2.05) is 6.92 Å². The standard InChI is InChI=1S/C33H46FN9O12P2S/c1-18-9-24(43-17-39-26-27(35-15-37-29(26)43)40-23(44)7-6-8-41(5)32(46)55-33(2,3)4)54-22(18)14-51-56(47)50-12-19-10-20(13-52-57(48,49)58)53-31(19)42-11-21(34)25-28(42)36-16-38-30(25)45/h11,15-20,22,24,31,56H,6-10,12-14H2,1-5H3,(H,36,38,45)(H2,48,49,58)(H,35,37,40,44)/t18-,19-,20-,22+,24+,31?/m0/s1. The number of hydrogen-bond donors (Lipinski definition) is 4. The molecule has 0 aliphatic carbocycles. The number of aromatic nitrogens is 7. The Bertz CT molecular complexity index is 2250. The summed E-state index contributed by atoms with van der Waals surface area (Å²) in [7, 11) is -1.50. The maximum absolute atomic E-state index is 14.8. The average Bonchev–Trinajstić information content (AvgIpc) is 3.92. The predicted octanol–water partition coefficient (Wildman–Crippen LogP) is 4.59. The van der Waals surface area contributed by atoms with E-state index in [1.165, 1.54) is 22.1 Å². The Hall–Kier alpha value is -3.79. The summed E-state index contributed by atoms with van der Waals surface area (Å²) >= 11 is 3.53. The molecule has 8 atom stereocenters. The average molecular weight is 874 g/mol. The number of nitrogens with zero attached hydrogens (tertiary/aromatic N) is 7. The van der Waals surface area contributed by atoms with Crippen LogP contribution in [-0.4, -0.2) is 107 Å². The van der Waals surface area contributed by atoms with Crippen LogP contribution in [0.2, 0.25) is 0 Å². The minimum atomic E-state index is -4.14. The molecule has 58 heavy (non-hydrogen) atoms. The molecule has 25 heteroatoms. The van der Waals surface area contributed by atoms with Crippen molar-refractivity contribution in [1.82, 2.24) is 39.0 Å². The molecule has 2 saturated heterocycles. The number of carbonyl (C=O) groups is 2. The van der Waals surface area contributed by atoms with Gasteiger partial charge in [-0.05, 0) is 46.0 Å². The molecule has 6 rings (SSSR count). The van der Waals surface area contributed by atoms with Crippen molar-refractivity contribution in [2.45, 2.75) is 83.6 Å². The van der Waals surface area contributed by atoms with Gasteiger partial charge in [-0.3, -0.25) is 23.2 Å². The Kier molecular flexibility index (Phi) is 13.8. The molecule has 21 nitrogen and oxygen atoms in total. The Morgan fingerprint density at radius 2 is 1.90 bits per heavy atom. The van der Waals surface area contributed by atoms with Crippen molar-refractivity contribution in [3.05, 3.63) is 41.3 Å². The molecule has 3 N–H and O–H groups in total. The quantitative estimate of drug-likeness (QED) is 0.0887. The Morgan fingerprint density at radius 1 is 1.14 bits per heavy atom. The predicted molar refractivity (Wildman–Crippen MR) is 208 cm³/mol. The first-order chi connectivity index (χ1) is 27.4. The number of aromatic amines is 1. The number of rotatable bonds is 16. The largest absolute Gasteiger partial charge is 0.444 e. The first-order valence-electron chi connectivity index (χ1n) is 18.3. The van der Waals surface area contributed by atoms with Crippen LogP contribution in [0.25, 0.3) is 22.2 Å². The molecule has 2 fully saturated rings. The molecule has 2 aliphatic rings. The van der Waals surface area contributed by atoms with Crippen LogP contribution in [-0.2, 0) is 41.7 Å². The minimum absolute atomic E-state index is 0.000702. The zero-order chi connectivity index (χ0) is 41.9. The lowest BCUT2D eigenvalue weighted by molar-refractivity contribution is -0.116. The molecule has 2 aliphatic heterocycles. The van der Waals surface area contributed by atoms with E-state index in [2.05, 4.69) is 42.5 Å². The maximum Gasteiger partial charge on any atom is 0.410 e. The first kappa shape index (κ1) is 43.8. The topological polar surface area (TPSA) is 253 Å². The summed E-state index contributed by atoms with van der Waals surface area (Å²) in [6.07, 6.45) is 3.05. The molecule has 0 bridgehead atoms. The zero-order valence-electron chi connectivity index (χ0n) is 32.3. The summed E-state index contributed by atoms with van der Waals surface area (Å²) in [4.78, 5) is 67.6. The van der Waals surface area contributed by atoms with E-state index in [9.17, 15) is 32.8 Å². The van der Waals surface area contributed by atoms with Crippen LogP contribution in [0, 0.1) is 17.7 Å². The zero-order valence-corrected chi connectivity index (χ0v) is 35.1. The normalized spacial score (nSPS) is 23.9. The third kappa shape index (κ3) is 10.9. The molecule has 6 heterocycles. The van der Waals surface area contributed by atoms with Crippen molar-refractivity contribution < 1.29 is 55.8 Å². The Labute approximate surface area is 336 Å². The van der Waals surface area contributed by atoms with Gasteiger partial charge in [0.25, 0.3) is 5.56 Å². The van der Waals surface area contributed by atoms with Gasteiger partial charge in [-0.25, -0.2) is 33.7 Å². The van der Waals surface area contributed by atoms with E-state index in [4.69, 9.17) is 27.8 Å². The molecule has 0 saturated carbocycles. The van der Waals surface area contributed by atoms with Crippen molar-refractivity contribution in [3.63, 3.8) is 0 Å². The maximum atomic E-state index is 14.8. The van der Waals surface area contributed by atoms with Crippen molar-refractivity contribution >= 4 is 67.3 Å². The number of amides is 2. The third-order valence-electron chi connectivity index (χ3n) is 9.42. The van der Waals surface area contributed by atoms with Gasteiger partial charge in [0.2, 0.25) is 5.91 Å². The lowest BCUT2D eigenvalue weighted by atomic mass is 10.0. The fourth-order valence-electron chi connectivity index (χ4n) is 6.66. The number of halogens is 1. The number of fused-ring (bicyclic) bond motifs is 2. The van der Waals surface area contributed by atoms with Crippen LogP contribution in [0.1, 0.15) is 65.8 Å². The number of ether oxygens (including phenoxy) is 3. The van der Waals surface area contributed by atoms with Gasteiger partial charge in [0.05, 0.1) is 44.7 Å². The highest BCUT2D eigenvalue weighted by Crippen LogP contribution is 2.48. The van der Waals surface area contributed by atoms with E-state index in [0.717, 1.165) is 12.5 Å². The molecular weight excluding hydrogens is 827 g/mol. The molecular formula is C33H46FN9O12P2S. The second-order valence-corrected chi connectivity index (χ2v) is 18.9. The minimum Gasteiger partial charge on any atom is -0.444 e. The second kappa shape index (κ2) is 18.2. The summed E-state index contributed by atoms with van der Waals surface area (Å²) in [6, 6.07) is 0. The Balaban J connectivity index is 1.02. The van der Waals surface area contributed by atoms with Crippen molar-refractivity contribution in [2.24, 2.45) is 11.8 Å². The molecule has 4 aromatic heterocycles. The van der Waals surface area contributed by atoms with Crippen LogP contribution in [0.5, 0.6) is 0 Å². The van der Waals surface area contributed by atoms with Crippen molar-refractivity contribution in [1.29, 1.82) is 0 Å². The summed E-state index contributed by atoms with van der Waals surface area (Å²) in [6.45, 7) is 2.88. The molecule has 2 amide bonds. The SMILES string of the molecule is C[C@H]1C[C@H](n2cnc3c(NC(=O)CCCN(C)C(=O)OC(C)(C)C)ncnc32)O[C@@H]1CO[PH](=O)OC[C@@H]1C[C@@H](COP(=O)(O)S)OC1n1cc(F)c2c(=O)[nH]cnc21. The molecule has 0 radical (unpaired) electrons. The number of nitrogens with one attached hydrogen (secondary N) is 2. The molecule has 0 aromatic carbocycles. The number of H-pyrrole nitrogens is 1. The highest BCUT2D eigenvalue weighted by atomic mass is 32.7. The smallest absolute Gasteiger partial charge is 0.410 e. The van der Waals surface area contributed by atoms with Crippen LogP contribution in [0.15, 0.2) is 30.0 Å². The van der Waals surface area contributed by atoms with E-state index < -0.39 is 68.7 Å². The van der Waals surface area contributed by atoms with Crippen LogP contribution >= 0.6 is 27.3 Å². The Morgan fingerprint density at radius 3 is 2.64 bits per heavy atom. The summed E-state index contributed by atoms with van der Waals surface area (Å²) in [5, 5.41) is 2.49. The molecule has 318 valence electrons. The third-order valence-corrected chi connectivity index (χ3v) is 11.1. The van der Waals surface area contributed by atoms with Gasteiger partial charge < -0.3 is 47.9 Å². The number of hydrogen-bond acceptors (Lipinski definition) is 15. The highest BCUT2D eigenvalue weighted by Gasteiger charge is 2.40.